The molecular weight excluding hydrogens is 316 g/mol. The molecule has 0 bridgehead atoms. The Balaban J connectivity index is 1.64. The number of carbonyl (C=O) groups is 2. The topological polar surface area (TPSA) is 58.6 Å². The lowest BCUT2D eigenvalue weighted by atomic mass is 9.64. The lowest BCUT2D eigenvalue weighted by Crippen LogP contribution is -2.54. The lowest BCUT2D eigenvalue weighted by Gasteiger charge is -2.43. The zero-order valence-corrected chi connectivity index (χ0v) is 15.6. The van der Waals surface area contributed by atoms with Gasteiger partial charge in [-0.15, -0.1) is 0 Å². The second-order valence-electron chi connectivity index (χ2n) is 8.48. The Morgan fingerprint density at radius 3 is 2.52 bits per heavy atom. The minimum atomic E-state index is -0.734. The predicted molar refractivity (Wildman–Crippen MR) is 96.4 cm³/mol. The predicted octanol–water partition coefficient (Wildman–Crippen LogP) is 3.51. The van der Waals surface area contributed by atoms with E-state index in [1.54, 1.807) is 0 Å². The van der Waals surface area contributed by atoms with Crippen molar-refractivity contribution in [3.63, 3.8) is 0 Å². The van der Waals surface area contributed by atoms with Crippen molar-refractivity contribution >= 4 is 11.9 Å². The van der Waals surface area contributed by atoms with Crippen LogP contribution in [0.2, 0.25) is 0 Å². The lowest BCUT2D eigenvalue weighted by molar-refractivity contribution is -0.135. The molecule has 0 aromatic heterocycles. The van der Waals surface area contributed by atoms with Crippen molar-refractivity contribution in [1.29, 1.82) is 0 Å². The van der Waals surface area contributed by atoms with Gasteiger partial charge in [-0.1, -0.05) is 38.5 Å². The van der Waals surface area contributed by atoms with Gasteiger partial charge in [-0.05, 0) is 49.7 Å². The molecule has 0 radical (unpaired) electrons. The molecule has 1 spiro atoms. The molecule has 3 amide bonds. The summed E-state index contributed by atoms with van der Waals surface area (Å²) in [5.41, 5.74) is 0.481. The number of nitrogens with zero attached hydrogens (tertiary/aromatic N) is 1. The molecule has 2 fully saturated rings. The van der Waals surface area contributed by atoms with Crippen molar-refractivity contribution in [2.24, 2.45) is 11.3 Å². The third kappa shape index (κ3) is 3.65. The van der Waals surface area contributed by atoms with Crippen LogP contribution in [-0.4, -0.2) is 35.5 Å². The Bertz CT molecular complexity index is 668. The number of nitrogens with one attached hydrogen (secondary N) is 1. The first kappa shape index (κ1) is 17.8. The number of carbonyl (C=O) groups excluding carboxylic acids is 2. The Labute approximate surface area is 149 Å². The van der Waals surface area contributed by atoms with Crippen LogP contribution in [0.3, 0.4) is 0 Å². The summed E-state index contributed by atoms with van der Waals surface area (Å²) in [6, 6.07) is 7.46. The summed E-state index contributed by atoms with van der Waals surface area (Å²) in [4.78, 5) is 26.7. The van der Waals surface area contributed by atoms with E-state index in [1.807, 2.05) is 31.2 Å². The van der Waals surface area contributed by atoms with E-state index in [0.717, 1.165) is 24.2 Å². The van der Waals surface area contributed by atoms with E-state index in [-0.39, 0.29) is 23.9 Å². The average Bonchev–Trinajstić information content (AvgIpc) is 2.70. The molecule has 1 aliphatic carbocycles. The standard InChI is InChI=1S/C20H28N2O3/c1-14-5-7-16(8-6-14)25-10-9-22-17(23)20(21-18(22)24)12-15(2)11-19(3,4)13-20/h5-8,15H,9-13H2,1-4H3,(H,21,24)/t15-,20+/m1/s1. The van der Waals surface area contributed by atoms with Crippen LogP contribution in [0.5, 0.6) is 5.75 Å². The van der Waals surface area contributed by atoms with Gasteiger partial charge in [0.05, 0.1) is 6.54 Å². The van der Waals surface area contributed by atoms with Crippen LogP contribution in [0.1, 0.15) is 45.6 Å². The van der Waals surface area contributed by atoms with Gasteiger partial charge in [0.25, 0.3) is 5.91 Å². The van der Waals surface area contributed by atoms with Gasteiger partial charge in [0.15, 0.2) is 0 Å². The highest BCUT2D eigenvalue weighted by Crippen LogP contribution is 2.46. The average molecular weight is 344 g/mol. The van der Waals surface area contributed by atoms with Crippen LogP contribution in [0, 0.1) is 18.3 Å². The number of urea groups is 1. The first-order valence-corrected chi connectivity index (χ1v) is 9.04. The largest absolute Gasteiger partial charge is 0.492 e. The van der Waals surface area contributed by atoms with Gasteiger partial charge in [0.1, 0.15) is 17.9 Å². The minimum Gasteiger partial charge on any atom is -0.492 e. The molecule has 1 heterocycles. The van der Waals surface area contributed by atoms with Gasteiger partial charge in [-0.3, -0.25) is 9.69 Å². The number of benzene rings is 1. The normalized spacial score (nSPS) is 28.3. The van der Waals surface area contributed by atoms with E-state index in [0.29, 0.717) is 18.9 Å². The number of imide groups is 1. The maximum absolute atomic E-state index is 13.0. The van der Waals surface area contributed by atoms with Gasteiger partial charge in [-0.25, -0.2) is 4.79 Å². The maximum Gasteiger partial charge on any atom is 0.325 e. The molecular formula is C20H28N2O3. The molecule has 25 heavy (non-hydrogen) atoms. The molecule has 1 aromatic carbocycles. The second kappa shape index (κ2) is 6.36. The number of hydrogen-bond acceptors (Lipinski definition) is 3. The number of hydrogen-bond donors (Lipinski definition) is 1. The van der Waals surface area contributed by atoms with Crippen LogP contribution in [0.4, 0.5) is 4.79 Å². The van der Waals surface area contributed by atoms with Crippen molar-refractivity contribution in [1.82, 2.24) is 10.2 Å². The first-order valence-electron chi connectivity index (χ1n) is 9.04. The van der Waals surface area contributed by atoms with E-state index in [1.165, 1.54) is 4.90 Å². The van der Waals surface area contributed by atoms with Crippen molar-refractivity contribution in [3.8, 4) is 5.75 Å². The van der Waals surface area contributed by atoms with E-state index in [2.05, 4.69) is 26.1 Å². The summed E-state index contributed by atoms with van der Waals surface area (Å²) in [6.07, 6.45) is 2.50. The van der Waals surface area contributed by atoms with Gasteiger partial charge in [0, 0.05) is 0 Å². The van der Waals surface area contributed by atoms with Crippen molar-refractivity contribution in [2.75, 3.05) is 13.2 Å². The summed E-state index contributed by atoms with van der Waals surface area (Å²) < 4.78 is 5.68. The molecule has 3 rings (SSSR count). The summed E-state index contributed by atoms with van der Waals surface area (Å²) >= 11 is 0. The number of aryl methyl sites for hydroxylation is 1. The Morgan fingerprint density at radius 1 is 1.20 bits per heavy atom. The maximum atomic E-state index is 13.0. The Morgan fingerprint density at radius 2 is 1.88 bits per heavy atom. The highest BCUT2D eigenvalue weighted by atomic mass is 16.5. The van der Waals surface area contributed by atoms with Crippen molar-refractivity contribution in [2.45, 2.75) is 52.5 Å². The van der Waals surface area contributed by atoms with E-state index in [4.69, 9.17) is 4.74 Å². The molecule has 1 aliphatic heterocycles. The van der Waals surface area contributed by atoms with Crippen LogP contribution >= 0.6 is 0 Å². The zero-order chi connectivity index (χ0) is 18.2. The highest BCUT2D eigenvalue weighted by molar-refractivity contribution is 6.07. The van der Waals surface area contributed by atoms with Crippen LogP contribution in [-0.2, 0) is 4.79 Å². The number of rotatable bonds is 4. The number of amides is 3. The summed E-state index contributed by atoms with van der Waals surface area (Å²) in [6.45, 7) is 9.10. The third-order valence-electron chi connectivity index (χ3n) is 5.23. The fraction of sp³-hybridized carbons (Fsp3) is 0.600. The summed E-state index contributed by atoms with van der Waals surface area (Å²) in [5.74, 6) is 1.07. The SMILES string of the molecule is Cc1ccc(OCCN2C(=O)N[C@]3(C[C@H](C)CC(C)(C)C3)C2=O)cc1. The molecule has 2 aliphatic rings. The molecule has 5 heteroatoms. The second-order valence-corrected chi connectivity index (χ2v) is 8.48. The molecule has 1 saturated carbocycles. The van der Waals surface area contributed by atoms with Gasteiger partial charge in [-0.2, -0.15) is 0 Å². The van der Waals surface area contributed by atoms with E-state index >= 15 is 0 Å². The monoisotopic (exact) mass is 344 g/mol. The molecule has 0 unspecified atom stereocenters. The fourth-order valence-electron chi connectivity index (χ4n) is 4.60. The third-order valence-corrected chi connectivity index (χ3v) is 5.23. The smallest absolute Gasteiger partial charge is 0.325 e. The molecule has 5 nitrogen and oxygen atoms in total. The van der Waals surface area contributed by atoms with Gasteiger partial charge < -0.3 is 10.1 Å². The molecule has 1 aromatic rings. The zero-order valence-electron chi connectivity index (χ0n) is 15.6. The highest BCUT2D eigenvalue weighted by Gasteiger charge is 2.55. The molecule has 1 N–H and O–H groups in total. The molecule has 136 valence electrons. The van der Waals surface area contributed by atoms with Gasteiger partial charge in [0.2, 0.25) is 0 Å². The number of ether oxygens (including phenoxy) is 1. The molecule has 1 saturated heterocycles. The summed E-state index contributed by atoms with van der Waals surface area (Å²) in [7, 11) is 0. The Hall–Kier alpha value is -2.04. The van der Waals surface area contributed by atoms with Gasteiger partial charge >= 0.3 is 6.03 Å². The van der Waals surface area contributed by atoms with Crippen LogP contribution in [0.25, 0.3) is 0 Å². The first-order chi connectivity index (χ1) is 11.7. The quantitative estimate of drug-likeness (QED) is 0.850. The van der Waals surface area contributed by atoms with E-state index < -0.39 is 5.54 Å². The summed E-state index contributed by atoms with van der Waals surface area (Å²) in [5, 5.41) is 2.99. The van der Waals surface area contributed by atoms with Crippen LogP contribution < -0.4 is 10.1 Å². The minimum absolute atomic E-state index is 0.0506. The van der Waals surface area contributed by atoms with Crippen LogP contribution in [0.15, 0.2) is 24.3 Å². The van der Waals surface area contributed by atoms with Crippen molar-refractivity contribution in [3.05, 3.63) is 29.8 Å². The molecule has 2 atom stereocenters. The van der Waals surface area contributed by atoms with Crippen molar-refractivity contribution < 1.29 is 14.3 Å². The fourth-order valence-corrected chi connectivity index (χ4v) is 4.60. The van der Waals surface area contributed by atoms with E-state index in [9.17, 15) is 9.59 Å². The Kier molecular flexibility index (Phi) is 4.52.